The summed E-state index contributed by atoms with van der Waals surface area (Å²) in [6.45, 7) is 15.3. The molecule has 0 N–H and O–H groups in total. The van der Waals surface area contributed by atoms with Gasteiger partial charge in [0.15, 0.2) is 14.1 Å². The van der Waals surface area contributed by atoms with Crippen molar-refractivity contribution in [2.75, 3.05) is 4.67 Å². The van der Waals surface area contributed by atoms with Gasteiger partial charge in [0, 0.05) is 12.6 Å². The quantitative estimate of drug-likeness (QED) is 0.353. The first-order chi connectivity index (χ1) is 8.59. The monoisotopic (exact) mass is 294 g/mol. The minimum absolute atomic E-state index is 0.769. The van der Waals surface area contributed by atoms with Crippen LogP contribution in [0.25, 0.3) is 0 Å². The van der Waals surface area contributed by atoms with E-state index in [1.54, 1.807) is 0 Å². The second-order valence-corrected chi connectivity index (χ2v) is 15.8. The Balaban J connectivity index is 3.04. The van der Waals surface area contributed by atoms with Gasteiger partial charge in [-0.3, -0.25) is 4.67 Å². The topological polar surface area (TPSA) is 24.8 Å². The van der Waals surface area contributed by atoms with Gasteiger partial charge >= 0.3 is 0 Å². The third-order valence-electron chi connectivity index (χ3n) is 2.33. The third-order valence-corrected chi connectivity index (χ3v) is 4.87. The lowest BCUT2D eigenvalue weighted by molar-refractivity contribution is 0.544. The van der Waals surface area contributed by atoms with Crippen LogP contribution in [0.15, 0.2) is 35.4 Å². The molecule has 0 bridgehead atoms. The van der Waals surface area contributed by atoms with Crippen LogP contribution < -0.4 is 4.67 Å². The highest BCUT2D eigenvalue weighted by Gasteiger charge is 2.25. The minimum Gasteiger partial charge on any atom is -0.534 e. The van der Waals surface area contributed by atoms with Crippen molar-refractivity contribution in [2.45, 2.75) is 46.2 Å². The van der Waals surface area contributed by atoms with Gasteiger partial charge in [-0.15, -0.1) is 5.10 Å². The summed E-state index contributed by atoms with van der Waals surface area (Å²) in [4.78, 5) is 0. The molecule has 0 saturated heterocycles. The van der Waals surface area contributed by atoms with Crippen molar-refractivity contribution in [3.63, 3.8) is 0 Å². The fourth-order valence-corrected chi connectivity index (χ4v) is 4.06. The van der Waals surface area contributed by atoms with Crippen LogP contribution in [-0.2, 0) is 4.43 Å². The lowest BCUT2D eigenvalue weighted by atomic mass is 10.3. The molecule has 0 unspecified atom stereocenters. The molecule has 0 aliphatic heterocycles. The highest BCUT2D eigenvalue weighted by Crippen LogP contribution is 2.22. The van der Waals surface area contributed by atoms with E-state index in [4.69, 9.17) is 9.53 Å². The molecule has 0 aliphatic rings. The van der Waals surface area contributed by atoms with E-state index >= 15 is 0 Å². The molecule has 1 aromatic rings. The molecule has 0 fully saturated rings. The van der Waals surface area contributed by atoms with Crippen LogP contribution >= 0.6 is 0 Å². The maximum atomic E-state index is 5.95. The van der Waals surface area contributed by atoms with Crippen molar-refractivity contribution in [1.29, 1.82) is 0 Å². The summed E-state index contributed by atoms with van der Waals surface area (Å²) in [6, 6.07) is 10.3. The molecular weight excluding hydrogens is 268 g/mol. The molecule has 1 aromatic carbocycles. The summed E-state index contributed by atoms with van der Waals surface area (Å²) in [5.74, 6) is 0.769. The molecule has 0 spiro atoms. The van der Waals surface area contributed by atoms with Gasteiger partial charge < -0.3 is 4.43 Å². The Bertz CT molecular complexity index is 433. The van der Waals surface area contributed by atoms with Crippen molar-refractivity contribution in [3.8, 4) is 0 Å². The van der Waals surface area contributed by atoms with Crippen molar-refractivity contribution >= 4 is 28.1 Å². The summed E-state index contributed by atoms with van der Waals surface area (Å²) in [5.41, 5.74) is 1.14. The van der Waals surface area contributed by atoms with E-state index in [0.717, 1.165) is 11.6 Å². The van der Waals surface area contributed by atoms with Gasteiger partial charge in [0.2, 0.25) is 8.32 Å². The largest absolute Gasteiger partial charge is 0.534 e. The van der Waals surface area contributed by atoms with E-state index in [-0.39, 0.29) is 0 Å². The number of hydrogen-bond acceptors (Lipinski definition) is 3. The molecule has 3 nitrogen and oxygen atoms in total. The third kappa shape index (κ3) is 5.61. The van der Waals surface area contributed by atoms with Gasteiger partial charge in [-0.1, -0.05) is 18.2 Å². The van der Waals surface area contributed by atoms with E-state index in [9.17, 15) is 0 Å². The molecule has 106 valence electrons. The maximum Gasteiger partial charge on any atom is 0.243 e. The standard InChI is InChI=1S/C14H26N2OSi2/c1-13(17-19(5,6)7)15-16(18(2,3)4)14-11-9-8-10-12-14/h8-12H,1-7H3/b15-13-. The van der Waals surface area contributed by atoms with Crippen LogP contribution in [0.1, 0.15) is 6.92 Å². The lowest BCUT2D eigenvalue weighted by Crippen LogP contribution is -2.43. The predicted octanol–water partition coefficient (Wildman–Crippen LogP) is 4.51. The molecular formula is C14H26N2OSi2. The van der Waals surface area contributed by atoms with Gasteiger partial charge in [0.05, 0.1) is 0 Å². The number of nitrogens with zero attached hydrogens (tertiary/aromatic N) is 2. The van der Waals surface area contributed by atoms with Gasteiger partial charge in [-0.2, -0.15) is 0 Å². The summed E-state index contributed by atoms with van der Waals surface area (Å²) in [5, 5.41) is 4.73. The zero-order valence-electron chi connectivity index (χ0n) is 13.2. The van der Waals surface area contributed by atoms with Crippen LogP contribution in [-0.4, -0.2) is 22.5 Å². The first kappa shape index (κ1) is 16.0. The molecule has 1 rings (SSSR count). The average Bonchev–Trinajstić information content (AvgIpc) is 2.23. The minimum atomic E-state index is -1.59. The lowest BCUT2D eigenvalue weighted by Gasteiger charge is -2.32. The van der Waals surface area contributed by atoms with E-state index in [1.807, 2.05) is 25.1 Å². The number of benzene rings is 1. The highest BCUT2D eigenvalue weighted by atomic mass is 28.4. The SMILES string of the molecule is C/C(=N/N(c1ccccc1)[Si](C)(C)C)O[Si](C)(C)C. The molecule has 0 saturated carbocycles. The fraction of sp³-hybridized carbons (Fsp3) is 0.500. The second-order valence-electron chi connectivity index (χ2n) is 6.65. The zero-order chi connectivity index (χ0) is 14.7. The molecule has 19 heavy (non-hydrogen) atoms. The normalized spacial score (nSPS) is 13.3. The Kier molecular flexibility index (Phi) is 4.98. The molecule has 0 aromatic heterocycles. The summed E-state index contributed by atoms with van der Waals surface area (Å²) >= 11 is 0. The summed E-state index contributed by atoms with van der Waals surface area (Å²) < 4.78 is 8.11. The van der Waals surface area contributed by atoms with Crippen molar-refractivity contribution < 1.29 is 4.43 Å². The highest BCUT2D eigenvalue weighted by molar-refractivity contribution is 6.79. The predicted molar refractivity (Wildman–Crippen MR) is 89.8 cm³/mol. The molecule has 0 amide bonds. The van der Waals surface area contributed by atoms with Gasteiger partial charge in [-0.25, -0.2) is 0 Å². The van der Waals surface area contributed by atoms with E-state index in [0.29, 0.717) is 0 Å². The summed E-state index contributed by atoms with van der Waals surface area (Å²) in [7, 11) is -3.17. The van der Waals surface area contributed by atoms with Crippen molar-refractivity contribution in [2.24, 2.45) is 5.10 Å². The first-order valence-electron chi connectivity index (χ1n) is 6.69. The van der Waals surface area contributed by atoms with E-state index < -0.39 is 16.6 Å². The fourth-order valence-electron chi connectivity index (χ4n) is 1.77. The van der Waals surface area contributed by atoms with Gasteiger partial charge in [-0.05, 0) is 51.4 Å². The molecule has 5 heteroatoms. The Morgan fingerprint density at radius 3 is 1.95 bits per heavy atom. The zero-order valence-corrected chi connectivity index (χ0v) is 15.2. The molecule has 0 aliphatic carbocycles. The van der Waals surface area contributed by atoms with Crippen LogP contribution in [0.3, 0.4) is 0 Å². The second kappa shape index (κ2) is 5.92. The van der Waals surface area contributed by atoms with Crippen LogP contribution in [0, 0.1) is 0 Å². The number of hydrazone groups is 1. The van der Waals surface area contributed by atoms with Crippen LogP contribution in [0.4, 0.5) is 5.69 Å². The van der Waals surface area contributed by atoms with Crippen LogP contribution in [0.5, 0.6) is 0 Å². The van der Waals surface area contributed by atoms with Gasteiger partial charge in [0.25, 0.3) is 0 Å². The van der Waals surface area contributed by atoms with E-state index in [2.05, 4.69) is 56.1 Å². The Morgan fingerprint density at radius 1 is 1.00 bits per heavy atom. The molecule has 0 heterocycles. The smallest absolute Gasteiger partial charge is 0.243 e. The number of hydrogen-bond donors (Lipinski definition) is 0. The van der Waals surface area contributed by atoms with Gasteiger partial charge in [0.1, 0.15) is 0 Å². The number of anilines is 1. The maximum absolute atomic E-state index is 5.95. The Hall–Kier alpha value is -1.08. The van der Waals surface area contributed by atoms with Crippen molar-refractivity contribution in [1.82, 2.24) is 0 Å². The average molecular weight is 295 g/mol. The number of rotatable bonds is 4. The molecule has 0 atom stereocenters. The van der Waals surface area contributed by atoms with E-state index in [1.165, 1.54) is 0 Å². The summed E-state index contributed by atoms with van der Waals surface area (Å²) in [6.07, 6.45) is 0. The first-order valence-corrected chi connectivity index (χ1v) is 13.5. The Labute approximate surface area is 119 Å². The Morgan fingerprint density at radius 2 is 1.53 bits per heavy atom. The van der Waals surface area contributed by atoms with Crippen molar-refractivity contribution in [3.05, 3.63) is 30.3 Å². The molecule has 0 radical (unpaired) electrons. The van der Waals surface area contributed by atoms with Crippen LogP contribution in [0.2, 0.25) is 39.3 Å². The number of para-hydroxylation sites is 1.